The molecule has 2 heterocycles. The molecule has 1 aliphatic rings. The molecule has 0 radical (unpaired) electrons. The smallest absolute Gasteiger partial charge is 0.340 e. The maximum Gasteiger partial charge on any atom is 0.340 e. The minimum atomic E-state index is -0.445. The monoisotopic (exact) mass is 279 g/mol. The van der Waals surface area contributed by atoms with Crippen LogP contribution in [0.25, 0.3) is 0 Å². The topological polar surface area (TPSA) is 77.7 Å². The molecule has 0 aliphatic carbocycles. The summed E-state index contributed by atoms with van der Waals surface area (Å²) in [5.74, 6) is 0.275. The first-order valence-electron chi connectivity index (χ1n) is 6.86. The van der Waals surface area contributed by atoms with Gasteiger partial charge in [0.05, 0.1) is 30.7 Å². The summed E-state index contributed by atoms with van der Waals surface area (Å²) in [6.45, 7) is 4.43. The van der Waals surface area contributed by atoms with Gasteiger partial charge in [0.2, 0.25) is 0 Å². The molecule has 1 fully saturated rings. The molecule has 1 aromatic heterocycles. The number of pyridine rings is 1. The number of aromatic nitrogens is 1. The zero-order chi connectivity index (χ0) is 14.5. The van der Waals surface area contributed by atoms with Crippen LogP contribution >= 0.6 is 0 Å². The summed E-state index contributed by atoms with van der Waals surface area (Å²) < 4.78 is 10.4. The first kappa shape index (κ1) is 14.6. The third kappa shape index (κ3) is 3.19. The fourth-order valence-electron chi connectivity index (χ4n) is 2.33. The molecule has 1 saturated heterocycles. The van der Waals surface area contributed by atoms with Gasteiger partial charge >= 0.3 is 5.97 Å². The molecule has 20 heavy (non-hydrogen) atoms. The van der Waals surface area contributed by atoms with E-state index in [1.807, 2.05) is 6.92 Å². The lowest BCUT2D eigenvalue weighted by atomic mass is 10.2. The van der Waals surface area contributed by atoms with Crippen molar-refractivity contribution >= 4 is 17.5 Å². The van der Waals surface area contributed by atoms with E-state index in [9.17, 15) is 4.79 Å². The van der Waals surface area contributed by atoms with Gasteiger partial charge in [-0.1, -0.05) is 0 Å². The number of methoxy groups -OCH3 is 1. The average Bonchev–Trinajstić information content (AvgIpc) is 2.97. The Morgan fingerprint density at radius 1 is 1.65 bits per heavy atom. The largest absolute Gasteiger partial charge is 0.465 e. The summed E-state index contributed by atoms with van der Waals surface area (Å²) >= 11 is 0. The Morgan fingerprint density at radius 2 is 2.45 bits per heavy atom. The van der Waals surface area contributed by atoms with Crippen molar-refractivity contribution < 1.29 is 14.3 Å². The summed E-state index contributed by atoms with van der Waals surface area (Å²) in [5.41, 5.74) is 6.44. The number of hydrogen-bond acceptors (Lipinski definition) is 6. The van der Waals surface area contributed by atoms with E-state index in [1.54, 1.807) is 6.07 Å². The molecule has 2 rings (SSSR count). The maximum absolute atomic E-state index is 11.7. The highest BCUT2D eigenvalue weighted by molar-refractivity contribution is 5.95. The summed E-state index contributed by atoms with van der Waals surface area (Å²) in [6.07, 6.45) is 3.90. The van der Waals surface area contributed by atoms with Crippen LogP contribution in [0.4, 0.5) is 11.5 Å². The molecule has 6 heteroatoms. The Balaban J connectivity index is 2.18. The van der Waals surface area contributed by atoms with Crippen molar-refractivity contribution in [3.8, 4) is 0 Å². The number of rotatable bonds is 5. The second-order valence-corrected chi connectivity index (χ2v) is 4.79. The van der Waals surface area contributed by atoms with Gasteiger partial charge in [-0.3, -0.25) is 0 Å². The molecule has 1 atom stereocenters. The van der Waals surface area contributed by atoms with Crippen molar-refractivity contribution in [1.29, 1.82) is 0 Å². The fourth-order valence-corrected chi connectivity index (χ4v) is 2.33. The zero-order valence-corrected chi connectivity index (χ0v) is 12.0. The van der Waals surface area contributed by atoms with Gasteiger partial charge < -0.3 is 20.1 Å². The van der Waals surface area contributed by atoms with Crippen molar-refractivity contribution in [1.82, 2.24) is 4.98 Å². The summed E-state index contributed by atoms with van der Waals surface area (Å²) in [7, 11) is 1.34. The number of nitrogens with zero attached hydrogens (tertiary/aromatic N) is 2. The van der Waals surface area contributed by atoms with E-state index in [2.05, 4.69) is 9.88 Å². The molecule has 0 saturated carbocycles. The molecule has 110 valence electrons. The number of carbonyl (C=O) groups is 1. The van der Waals surface area contributed by atoms with E-state index in [0.717, 1.165) is 38.4 Å². The van der Waals surface area contributed by atoms with Gasteiger partial charge in [0.15, 0.2) is 0 Å². The molecule has 1 unspecified atom stereocenters. The van der Waals surface area contributed by atoms with Crippen LogP contribution in [0.1, 0.15) is 30.1 Å². The highest BCUT2D eigenvalue weighted by atomic mass is 16.5. The third-order valence-corrected chi connectivity index (χ3v) is 3.48. The number of anilines is 2. The van der Waals surface area contributed by atoms with Gasteiger partial charge in [-0.05, 0) is 25.8 Å². The number of nitrogen functional groups attached to an aromatic ring is 1. The van der Waals surface area contributed by atoms with E-state index in [-0.39, 0.29) is 6.10 Å². The quantitative estimate of drug-likeness (QED) is 0.822. The third-order valence-electron chi connectivity index (χ3n) is 3.48. The van der Waals surface area contributed by atoms with Crippen LogP contribution in [0.2, 0.25) is 0 Å². The molecule has 0 spiro atoms. The highest BCUT2D eigenvalue weighted by Crippen LogP contribution is 2.21. The second kappa shape index (κ2) is 6.56. The van der Waals surface area contributed by atoms with Gasteiger partial charge in [0, 0.05) is 19.7 Å². The minimum Gasteiger partial charge on any atom is -0.465 e. The lowest BCUT2D eigenvalue weighted by Gasteiger charge is -2.25. The predicted molar refractivity (Wildman–Crippen MR) is 76.8 cm³/mol. The molecule has 0 bridgehead atoms. The maximum atomic E-state index is 11.7. The Morgan fingerprint density at radius 3 is 3.05 bits per heavy atom. The number of esters is 1. The Hall–Kier alpha value is -1.82. The molecule has 0 aromatic carbocycles. The number of ether oxygens (including phenoxy) is 2. The van der Waals surface area contributed by atoms with Crippen molar-refractivity contribution in [2.75, 3.05) is 37.4 Å². The zero-order valence-electron chi connectivity index (χ0n) is 12.0. The second-order valence-electron chi connectivity index (χ2n) is 4.79. The minimum absolute atomic E-state index is 0.232. The van der Waals surface area contributed by atoms with E-state index in [0.29, 0.717) is 11.3 Å². The van der Waals surface area contributed by atoms with Gasteiger partial charge in [0.25, 0.3) is 0 Å². The molecule has 6 nitrogen and oxygen atoms in total. The van der Waals surface area contributed by atoms with Crippen LogP contribution in [0.5, 0.6) is 0 Å². The average molecular weight is 279 g/mol. The van der Waals surface area contributed by atoms with E-state index in [1.165, 1.54) is 13.3 Å². The van der Waals surface area contributed by atoms with Crippen LogP contribution < -0.4 is 10.6 Å². The molecular weight excluding hydrogens is 258 g/mol. The molecule has 1 aromatic rings. The highest BCUT2D eigenvalue weighted by Gasteiger charge is 2.20. The van der Waals surface area contributed by atoms with Crippen LogP contribution in [0, 0.1) is 0 Å². The normalized spacial score (nSPS) is 18.0. The first-order chi connectivity index (χ1) is 9.65. The number of carbonyl (C=O) groups excluding carboxylic acids is 1. The SMILES string of the molecule is CCN(CC1CCCO1)c1cc(C(=O)OC)c(N)cn1. The summed E-state index contributed by atoms with van der Waals surface area (Å²) in [4.78, 5) is 18.1. The molecule has 2 N–H and O–H groups in total. The lowest BCUT2D eigenvalue weighted by Crippen LogP contribution is -2.32. The Labute approximate surface area is 118 Å². The summed E-state index contributed by atoms with van der Waals surface area (Å²) in [6, 6.07) is 1.68. The van der Waals surface area contributed by atoms with Crippen LogP contribution in [0.15, 0.2) is 12.3 Å². The van der Waals surface area contributed by atoms with Gasteiger partial charge in [0.1, 0.15) is 5.82 Å². The summed E-state index contributed by atoms with van der Waals surface area (Å²) in [5, 5.41) is 0. The molecule has 1 aliphatic heterocycles. The first-order valence-corrected chi connectivity index (χ1v) is 6.86. The van der Waals surface area contributed by atoms with Gasteiger partial charge in [-0.15, -0.1) is 0 Å². The van der Waals surface area contributed by atoms with Crippen LogP contribution in [0.3, 0.4) is 0 Å². The predicted octanol–water partition coefficient (Wildman–Crippen LogP) is 1.46. The van der Waals surface area contributed by atoms with Gasteiger partial charge in [-0.25, -0.2) is 9.78 Å². The van der Waals surface area contributed by atoms with Gasteiger partial charge in [-0.2, -0.15) is 0 Å². The molecule has 0 amide bonds. The number of nitrogens with two attached hydrogens (primary N) is 1. The van der Waals surface area contributed by atoms with Crippen molar-refractivity contribution in [3.05, 3.63) is 17.8 Å². The fraction of sp³-hybridized carbons (Fsp3) is 0.571. The van der Waals surface area contributed by atoms with E-state index >= 15 is 0 Å². The van der Waals surface area contributed by atoms with Crippen molar-refractivity contribution in [2.45, 2.75) is 25.9 Å². The Kier molecular flexibility index (Phi) is 4.79. The van der Waals surface area contributed by atoms with E-state index < -0.39 is 5.97 Å². The van der Waals surface area contributed by atoms with Crippen molar-refractivity contribution in [2.24, 2.45) is 0 Å². The number of hydrogen-bond donors (Lipinski definition) is 1. The number of likely N-dealkylation sites (N-methyl/N-ethyl adjacent to an activating group) is 1. The van der Waals surface area contributed by atoms with Crippen LogP contribution in [-0.2, 0) is 9.47 Å². The van der Waals surface area contributed by atoms with Crippen molar-refractivity contribution in [3.63, 3.8) is 0 Å². The standard InChI is InChI=1S/C14H21N3O3/c1-3-17(9-10-5-4-6-20-10)13-7-11(14(18)19-2)12(15)8-16-13/h7-8,10H,3-6,9,15H2,1-2H3. The molecular formula is C14H21N3O3. The Bertz CT molecular complexity index is 473. The lowest BCUT2D eigenvalue weighted by molar-refractivity contribution is 0.0602. The van der Waals surface area contributed by atoms with E-state index in [4.69, 9.17) is 15.2 Å². The van der Waals surface area contributed by atoms with Crippen LogP contribution in [-0.4, -0.2) is 43.9 Å².